The normalized spacial score (nSPS) is 17.2. The van der Waals surface area contributed by atoms with Crippen LogP contribution in [-0.4, -0.2) is 60.4 Å². The smallest absolute Gasteiger partial charge is 0.251 e. The van der Waals surface area contributed by atoms with Crippen molar-refractivity contribution in [1.29, 1.82) is 0 Å². The number of aromatic hydroxyl groups is 6. The number of hydrogen-bond donors (Lipinski definition) is 7. The molecule has 1 heterocycles. The molecule has 4 aromatic carbocycles. The van der Waals surface area contributed by atoms with Crippen molar-refractivity contribution in [1.82, 2.24) is 10.2 Å². The molecule has 1 saturated heterocycles. The van der Waals surface area contributed by atoms with E-state index in [1.165, 1.54) is 41.3 Å². The Morgan fingerprint density at radius 3 is 1.86 bits per heavy atom. The molecule has 0 radical (unpaired) electrons. The van der Waals surface area contributed by atoms with Gasteiger partial charge in [-0.2, -0.15) is 0 Å². The molecular formula is C34H32N2O8. The first kappa shape index (κ1) is 29.8. The van der Waals surface area contributed by atoms with Crippen molar-refractivity contribution in [2.75, 3.05) is 13.1 Å². The summed E-state index contributed by atoms with van der Waals surface area (Å²) >= 11 is 0. The van der Waals surface area contributed by atoms with E-state index in [4.69, 9.17) is 0 Å². The molecule has 10 heteroatoms. The van der Waals surface area contributed by atoms with Crippen LogP contribution in [0, 0.1) is 5.92 Å². The van der Waals surface area contributed by atoms with E-state index >= 15 is 0 Å². The van der Waals surface area contributed by atoms with Gasteiger partial charge in [0.25, 0.3) is 5.91 Å². The van der Waals surface area contributed by atoms with E-state index in [1.807, 2.05) is 0 Å². The van der Waals surface area contributed by atoms with Crippen LogP contribution in [0.25, 0.3) is 6.08 Å². The first-order chi connectivity index (χ1) is 21.1. The fraction of sp³-hybridized carbons (Fsp3) is 0.176. The number of carbonyl (C=O) groups is 2. The van der Waals surface area contributed by atoms with Gasteiger partial charge in [0.05, 0.1) is 12.0 Å². The largest absolute Gasteiger partial charge is 0.508 e. The van der Waals surface area contributed by atoms with Gasteiger partial charge in [-0.1, -0.05) is 36.4 Å². The Bertz CT molecular complexity index is 1700. The van der Waals surface area contributed by atoms with Crippen LogP contribution in [0.2, 0.25) is 0 Å². The summed E-state index contributed by atoms with van der Waals surface area (Å²) in [7, 11) is 0. The molecule has 226 valence electrons. The molecule has 2 atom stereocenters. The number of phenols is 6. The lowest BCUT2D eigenvalue weighted by molar-refractivity contribution is -0.126. The van der Waals surface area contributed by atoms with Crippen LogP contribution in [-0.2, 0) is 22.4 Å². The Morgan fingerprint density at radius 2 is 1.27 bits per heavy atom. The fourth-order valence-corrected chi connectivity index (χ4v) is 5.37. The van der Waals surface area contributed by atoms with Crippen LogP contribution in [0.15, 0.2) is 90.5 Å². The van der Waals surface area contributed by atoms with Crippen LogP contribution in [0.3, 0.4) is 0 Å². The molecular weight excluding hydrogens is 564 g/mol. The number of likely N-dealkylation sites (tertiary alicyclic amines) is 1. The predicted molar refractivity (Wildman–Crippen MR) is 162 cm³/mol. The quantitative estimate of drug-likeness (QED) is 0.112. The van der Waals surface area contributed by atoms with Gasteiger partial charge in [-0.15, -0.1) is 0 Å². The molecule has 0 spiro atoms. The maximum atomic E-state index is 14.1. The second-order valence-electron chi connectivity index (χ2n) is 10.6. The number of phenolic OH excluding ortho intramolecular Hbond substituents is 6. The van der Waals surface area contributed by atoms with E-state index in [1.54, 1.807) is 54.6 Å². The van der Waals surface area contributed by atoms with E-state index in [-0.39, 0.29) is 47.4 Å². The van der Waals surface area contributed by atoms with E-state index in [2.05, 4.69) is 5.32 Å². The Balaban J connectivity index is 1.53. The monoisotopic (exact) mass is 596 g/mol. The zero-order chi connectivity index (χ0) is 31.4. The first-order valence-corrected chi connectivity index (χ1v) is 14.0. The number of amides is 2. The SMILES string of the molecule is O=C(NCCc1ccc(O)cc1)[C@@H]1/C(=C\c2ccc(O)c(O)c2)C(=O)N(CCc2ccc(O)cc2)[C@@H]1c1ccc(O)c(O)c1. The summed E-state index contributed by atoms with van der Waals surface area (Å²) in [4.78, 5) is 29.6. The molecule has 2 amide bonds. The van der Waals surface area contributed by atoms with E-state index in [9.17, 15) is 40.2 Å². The van der Waals surface area contributed by atoms with Crippen LogP contribution < -0.4 is 5.32 Å². The van der Waals surface area contributed by atoms with Gasteiger partial charge >= 0.3 is 0 Å². The van der Waals surface area contributed by atoms with Crippen LogP contribution in [0.1, 0.15) is 28.3 Å². The number of nitrogens with one attached hydrogen (secondary N) is 1. The summed E-state index contributed by atoms with van der Waals surface area (Å²) in [6.07, 6.45) is 2.36. The number of benzene rings is 4. The van der Waals surface area contributed by atoms with Crippen LogP contribution in [0.4, 0.5) is 0 Å². The van der Waals surface area contributed by atoms with Crippen LogP contribution >= 0.6 is 0 Å². The van der Waals surface area contributed by atoms with Gasteiger partial charge in [-0.25, -0.2) is 0 Å². The van der Waals surface area contributed by atoms with Gasteiger partial charge in [0, 0.05) is 18.7 Å². The minimum absolute atomic E-state index is 0.106. The van der Waals surface area contributed by atoms with Crippen molar-refractivity contribution < 1.29 is 40.2 Å². The predicted octanol–water partition coefficient (Wildman–Crippen LogP) is 4.10. The van der Waals surface area contributed by atoms with E-state index < -0.39 is 29.5 Å². The topological polar surface area (TPSA) is 171 Å². The number of carbonyl (C=O) groups excluding carboxylic acids is 2. The highest BCUT2D eigenvalue weighted by atomic mass is 16.3. The molecule has 0 bridgehead atoms. The Labute approximate surface area is 253 Å². The van der Waals surface area contributed by atoms with E-state index in [0.29, 0.717) is 24.0 Å². The molecule has 5 rings (SSSR count). The maximum Gasteiger partial charge on any atom is 0.251 e. The highest BCUT2D eigenvalue weighted by Crippen LogP contribution is 2.44. The fourth-order valence-electron chi connectivity index (χ4n) is 5.37. The Hall–Kier alpha value is -5.64. The van der Waals surface area contributed by atoms with Crippen molar-refractivity contribution >= 4 is 17.9 Å². The highest BCUT2D eigenvalue weighted by Gasteiger charge is 2.48. The Morgan fingerprint density at radius 1 is 0.705 bits per heavy atom. The van der Waals surface area contributed by atoms with Gasteiger partial charge in [-0.3, -0.25) is 9.59 Å². The molecule has 7 N–H and O–H groups in total. The average molecular weight is 597 g/mol. The lowest BCUT2D eigenvalue weighted by atomic mass is 9.88. The molecule has 10 nitrogen and oxygen atoms in total. The minimum Gasteiger partial charge on any atom is -0.508 e. The summed E-state index contributed by atoms with van der Waals surface area (Å²) in [6.45, 7) is 0.425. The van der Waals surface area contributed by atoms with Crippen molar-refractivity contribution in [3.63, 3.8) is 0 Å². The van der Waals surface area contributed by atoms with Crippen molar-refractivity contribution in [2.45, 2.75) is 18.9 Å². The van der Waals surface area contributed by atoms with Gasteiger partial charge in [0.2, 0.25) is 5.91 Å². The first-order valence-electron chi connectivity index (χ1n) is 14.0. The molecule has 1 aliphatic rings. The highest BCUT2D eigenvalue weighted by molar-refractivity contribution is 6.07. The second-order valence-corrected chi connectivity index (χ2v) is 10.6. The van der Waals surface area contributed by atoms with Gasteiger partial charge in [-0.05, 0) is 89.7 Å². The molecule has 44 heavy (non-hydrogen) atoms. The molecule has 0 saturated carbocycles. The minimum atomic E-state index is -1.05. The van der Waals surface area contributed by atoms with Crippen LogP contribution in [0.5, 0.6) is 34.5 Å². The molecule has 0 aliphatic carbocycles. The lowest BCUT2D eigenvalue weighted by Gasteiger charge is -2.28. The molecule has 1 aliphatic heterocycles. The zero-order valence-electron chi connectivity index (χ0n) is 23.6. The third-order valence-corrected chi connectivity index (χ3v) is 7.67. The third-order valence-electron chi connectivity index (χ3n) is 7.67. The lowest BCUT2D eigenvalue weighted by Crippen LogP contribution is -2.37. The van der Waals surface area contributed by atoms with Crippen molar-refractivity contribution in [3.8, 4) is 34.5 Å². The maximum absolute atomic E-state index is 14.1. The van der Waals surface area contributed by atoms with Gasteiger partial charge in [0.15, 0.2) is 23.0 Å². The van der Waals surface area contributed by atoms with E-state index in [0.717, 1.165) is 11.1 Å². The molecule has 0 aromatic heterocycles. The number of hydrogen-bond acceptors (Lipinski definition) is 8. The number of rotatable bonds is 9. The molecule has 0 unspecified atom stereocenters. The molecule has 1 fully saturated rings. The zero-order valence-corrected chi connectivity index (χ0v) is 23.6. The summed E-state index contributed by atoms with van der Waals surface area (Å²) in [5.74, 6) is -3.17. The third kappa shape index (κ3) is 6.54. The summed E-state index contributed by atoms with van der Waals surface area (Å²) in [5, 5.41) is 62.4. The Kier molecular flexibility index (Phi) is 8.61. The van der Waals surface area contributed by atoms with Gasteiger partial charge in [0.1, 0.15) is 11.5 Å². The van der Waals surface area contributed by atoms with Crippen molar-refractivity contribution in [2.24, 2.45) is 5.92 Å². The van der Waals surface area contributed by atoms with Crippen molar-refractivity contribution in [3.05, 3.63) is 113 Å². The summed E-state index contributed by atoms with van der Waals surface area (Å²) < 4.78 is 0. The summed E-state index contributed by atoms with van der Waals surface area (Å²) in [6, 6.07) is 20.6. The average Bonchev–Trinajstić information content (AvgIpc) is 3.27. The number of nitrogens with zero attached hydrogens (tertiary/aromatic N) is 1. The second kappa shape index (κ2) is 12.7. The summed E-state index contributed by atoms with van der Waals surface area (Å²) in [5.41, 5.74) is 2.68. The van der Waals surface area contributed by atoms with Gasteiger partial charge < -0.3 is 40.9 Å². The standard InChI is InChI=1S/C34H32N2O8/c37-24-7-1-20(2-8-24)13-15-35-33(43)31-26(17-22-5-11-27(39)29(41)18-22)34(44)36(16-14-21-3-9-25(38)10-4-21)32(31)23-6-12-28(40)30(42)19-23/h1-12,17-19,31-32,37-42H,13-16H2,(H,35,43)/b26-17+/t31-,32-/m1/s1. The molecule has 4 aromatic rings.